The highest BCUT2D eigenvalue weighted by atomic mass is 16.4. The number of fused-ring (bicyclic) bond motifs is 1. The maximum atomic E-state index is 13.1. The molecule has 4 heterocycles. The van der Waals surface area contributed by atoms with Crippen LogP contribution >= 0.6 is 0 Å². The number of benzene rings is 1. The Balaban J connectivity index is 1.37. The lowest BCUT2D eigenvalue weighted by atomic mass is 10.1. The summed E-state index contributed by atoms with van der Waals surface area (Å²) in [6, 6.07) is 8.69. The molecule has 1 aliphatic rings. The van der Waals surface area contributed by atoms with Gasteiger partial charge in [0.2, 0.25) is 5.95 Å². The Hall–Kier alpha value is -4.14. The van der Waals surface area contributed by atoms with E-state index in [1.807, 2.05) is 4.90 Å². The summed E-state index contributed by atoms with van der Waals surface area (Å²) in [5, 5.41) is 10.9. The summed E-state index contributed by atoms with van der Waals surface area (Å²) < 4.78 is 11.2. The first-order valence-electron chi connectivity index (χ1n) is 10.6. The second-order valence-corrected chi connectivity index (χ2v) is 8.01. The number of carbonyl (C=O) groups excluding carboxylic acids is 1. The van der Waals surface area contributed by atoms with Crippen LogP contribution in [0.5, 0.6) is 5.75 Å². The molecule has 0 saturated carbocycles. The van der Waals surface area contributed by atoms with Gasteiger partial charge in [-0.25, -0.2) is 14.8 Å². The molecule has 3 aromatic heterocycles. The summed E-state index contributed by atoms with van der Waals surface area (Å²) in [4.78, 5) is 37.5. The summed E-state index contributed by atoms with van der Waals surface area (Å²) in [6.45, 7) is 5.60. The van der Waals surface area contributed by atoms with Gasteiger partial charge in [-0.2, -0.15) is 0 Å². The highest BCUT2D eigenvalue weighted by molar-refractivity contribution is 5.98. The average molecular weight is 446 g/mol. The lowest BCUT2D eigenvalue weighted by molar-refractivity contribution is 0.0746. The Kier molecular flexibility index (Phi) is 5.08. The molecule has 33 heavy (non-hydrogen) atoms. The van der Waals surface area contributed by atoms with Gasteiger partial charge in [0.05, 0.1) is 5.56 Å². The molecule has 0 bridgehead atoms. The van der Waals surface area contributed by atoms with Gasteiger partial charge in [-0.1, -0.05) is 0 Å². The van der Waals surface area contributed by atoms with Gasteiger partial charge in [0.15, 0.2) is 11.5 Å². The predicted molar refractivity (Wildman–Crippen MR) is 121 cm³/mol. The van der Waals surface area contributed by atoms with Crippen LogP contribution in [0.2, 0.25) is 0 Å². The van der Waals surface area contributed by atoms with Crippen LogP contribution in [0.25, 0.3) is 22.5 Å². The van der Waals surface area contributed by atoms with E-state index in [-0.39, 0.29) is 23.0 Å². The molecule has 0 unspecified atom stereocenters. The van der Waals surface area contributed by atoms with E-state index in [1.54, 1.807) is 49.6 Å². The van der Waals surface area contributed by atoms with Gasteiger partial charge >= 0.3 is 5.63 Å². The minimum Gasteiger partial charge on any atom is -0.507 e. The van der Waals surface area contributed by atoms with Crippen molar-refractivity contribution in [1.29, 1.82) is 0 Å². The zero-order valence-electron chi connectivity index (χ0n) is 18.2. The third-order valence-corrected chi connectivity index (χ3v) is 5.94. The first-order chi connectivity index (χ1) is 15.9. The van der Waals surface area contributed by atoms with Crippen molar-refractivity contribution in [2.45, 2.75) is 13.8 Å². The number of nitrogens with zero attached hydrogens (tertiary/aromatic N) is 4. The lowest BCUT2D eigenvalue weighted by Gasteiger charge is -2.34. The number of furan rings is 1. The largest absolute Gasteiger partial charge is 0.507 e. The van der Waals surface area contributed by atoms with Gasteiger partial charge in [0.25, 0.3) is 5.91 Å². The standard InChI is InChI=1S/C24H22N4O5/c1-14-20(29)15(2)23(31)33-21(14)19-13-17-12-16(4-5-18(17)32-19)22(30)27-8-10-28(11-9-27)24-25-6-3-7-26-24/h3-7,12-13,29H,8-11H2,1-2H3. The summed E-state index contributed by atoms with van der Waals surface area (Å²) in [6.07, 6.45) is 3.41. The number of rotatable bonds is 3. The maximum Gasteiger partial charge on any atom is 0.343 e. The fourth-order valence-electron chi connectivity index (χ4n) is 4.00. The SMILES string of the molecule is Cc1c(-c2cc3cc(C(=O)N4CCN(c5ncccn5)CC4)ccc3o2)oc(=O)c(C)c1O. The minimum absolute atomic E-state index is 0.0658. The second kappa shape index (κ2) is 8.09. The Morgan fingerprint density at radius 1 is 1.00 bits per heavy atom. The topological polar surface area (TPSA) is 113 Å². The lowest BCUT2D eigenvalue weighted by Crippen LogP contribution is -2.49. The number of carbonyl (C=O) groups is 1. The van der Waals surface area contributed by atoms with Gasteiger partial charge in [-0.3, -0.25) is 4.79 Å². The van der Waals surface area contributed by atoms with Crippen molar-refractivity contribution >= 4 is 22.8 Å². The highest BCUT2D eigenvalue weighted by Crippen LogP contribution is 2.34. The number of piperazine rings is 1. The monoisotopic (exact) mass is 446 g/mol. The maximum absolute atomic E-state index is 13.1. The molecule has 1 N–H and O–H groups in total. The van der Waals surface area contributed by atoms with Crippen molar-refractivity contribution in [3.63, 3.8) is 0 Å². The molecule has 1 aromatic carbocycles. The fraction of sp³-hybridized carbons (Fsp3) is 0.250. The van der Waals surface area contributed by atoms with Crippen LogP contribution in [-0.2, 0) is 0 Å². The Labute approximate surface area is 188 Å². The van der Waals surface area contributed by atoms with E-state index in [1.165, 1.54) is 6.92 Å². The Morgan fingerprint density at radius 3 is 2.45 bits per heavy atom. The smallest absolute Gasteiger partial charge is 0.343 e. The van der Waals surface area contributed by atoms with Gasteiger partial charge in [-0.15, -0.1) is 0 Å². The van der Waals surface area contributed by atoms with Crippen molar-refractivity contribution < 1.29 is 18.7 Å². The molecular weight excluding hydrogens is 424 g/mol. The summed E-state index contributed by atoms with van der Waals surface area (Å²) in [5.74, 6) is 0.977. The van der Waals surface area contributed by atoms with Crippen molar-refractivity contribution in [3.05, 3.63) is 69.8 Å². The van der Waals surface area contributed by atoms with E-state index >= 15 is 0 Å². The van der Waals surface area contributed by atoms with Crippen LogP contribution in [0.3, 0.4) is 0 Å². The average Bonchev–Trinajstić information content (AvgIpc) is 3.28. The second-order valence-electron chi connectivity index (χ2n) is 8.01. The van der Waals surface area contributed by atoms with Gasteiger partial charge in [0.1, 0.15) is 11.3 Å². The fourth-order valence-corrected chi connectivity index (χ4v) is 4.00. The molecule has 5 rings (SSSR count). The number of amides is 1. The molecule has 0 aliphatic carbocycles. The first-order valence-corrected chi connectivity index (χ1v) is 10.6. The third kappa shape index (κ3) is 3.71. The first kappa shape index (κ1) is 20.7. The molecular formula is C24H22N4O5. The van der Waals surface area contributed by atoms with E-state index in [4.69, 9.17) is 8.83 Å². The number of hydrogen-bond donors (Lipinski definition) is 1. The molecule has 1 amide bonds. The molecule has 1 saturated heterocycles. The number of aromatic hydroxyl groups is 1. The molecule has 0 radical (unpaired) electrons. The molecule has 0 atom stereocenters. The number of hydrogen-bond acceptors (Lipinski definition) is 8. The number of aromatic nitrogens is 2. The van der Waals surface area contributed by atoms with Crippen LogP contribution in [0.4, 0.5) is 5.95 Å². The zero-order chi connectivity index (χ0) is 23.1. The molecule has 1 fully saturated rings. The molecule has 0 spiro atoms. The molecule has 4 aromatic rings. The molecule has 9 heteroatoms. The van der Waals surface area contributed by atoms with E-state index in [0.717, 1.165) is 0 Å². The van der Waals surface area contributed by atoms with E-state index in [9.17, 15) is 14.7 Å². The summed E-state index contributed by atoms with van der Waals surface area (Å²) in [7, 11) is 0. The Bertz CT molecular complexity index is 1400. The predicted octanol–water partition coefficient (Wildman–Crippen LogP) is 3.13. The van der Waals surface area contributed by atoms with Crippen molar-refractivity contribution in [2.75, 3.05) is 31.1 Å². The third-order valence-electron chi connectivity index (χ3n) is 5.94. The van der Waals surface area contributed by atoms with E-state index in [2.05, 4.69) is 14.9 Å². The van der Waals surface area contributed by atoms with Crippen LogP contribution < -0.4 is 10.5 Å². The van der Waals surface area contributed by atoms with Crippen LogP contribution in [-0.4, -0.2) is 52.1 Å². The molecule has 1 aliphatic heterocycles. The van der Waals surface area contributed by atoms with Crippen molar-refractivity contribution in [2.24, 2.45) is 0 Å². The normalized spacial score (nSPS) is 14.1. The van der Waals surface area contributed by atoms with Gasteiger partial charge in [0, 0.05) is 55.1 Å². The molecule has 168 valence electrons. The molecule has 9 nitrogen and oxygen atoms in total. The minimum atomic E-state index is -0.621. The summed E-state index contributed by atoms with van der Waals surface area (Å²) in [5.41, 5.74) is 1.05. The van der Waals surface area contributed by atoms with Crippen molar-refractivity contribution in [1.82, 2.24) is 14.9 Å². The zero-order valence-corrected chi connectivity index (χ0v) is 18.2. The highest BCUT2D eigenvalue weighted by Gasteiger charge is 2.24. The van der Waals surface area contributed by atoms with Crippen LogP contribution in [0.1, 0.15) is 21.5 Å². The van der Waals surface area contributed by atoms with Gasteiger partial charge < -0.3 is 23.7 Å². The van der Waals surface area contributed by atoms with Crippen LogP contribution in [0, 0.1) is 13.8 Å². The van der Waals surface area contributed by atoms with Gasteiger partial charge in [-0.05, 0) is 44.2 Å². The van der Waals surface area contributed by atoms with E-state index < -0.39 is 5.63 Å². The Morgan fingerprint density at radius 2 is 1.73 bits per heavy atom. The number of anilines is 1. The van der Waals surface area contributed by atoms with Crippen molar-refractivity contribution in [3.8, 4) is 17.3 Å². The van der Waals surface area contributed by atoms with Crippen LogP contribution in [0.15, 0.2) is 56.4 Å². The van der Waals surface area contributed by atoms with E-state index in [0.29, 0.717) is 60.0 Å². The summed E-state index contributed by atoms with van der Waals surface area (Å²) >= 11 is 0. The quantitative estimate of drug-likeness (QED) is 0.511.